The van der Waals surface area contributed by atoms with E-state index in [-0.39, 0.29) is 0 Å². The van der Waals surface area contributed by atoms with E-state index in [1.165, 1.54) is 64.0 Å². The fourth-order valence-corrected chi connectivity index (χ4v) is 6.27. The third-order valence-corrected chi connectivity index (χ3v) is 7.81. The summed E-state index contributed by atoms with van der Waals surface area (Å²) in [5.41, 5.74) is 5.11. The maximum absolute atomic E-state index is 2.33. The van der Waals surface area contributed by atoms with Crippen LogP contribution in [-0.4, -0.2) is 0 Å². The lowest BCUT2D eigenvalue weighted by Gasteiger charge is -2.12. The summed E-state index contributed by atoms with van der Waals surface area (Å²) in [6.45, 7) is 0. The fraction of sp³-hybridized carbons (Fsp3) is 0. The van der Waals surface area contributed by atoms with E-state index in [2.05, 4.69) is 121 Å². The van der Waals surface area contributed by atoms with Crippen molar-refractivity contribution >= 4 is 53.1 Å². The molecule has 7 rings (SSSR count). The van der Waals surface area contributed by atoms with Gasteiger partial charge in [0.2, 0.25) is 0 Å². The van der Waals surface area contributed by atoms with Crippen LogP contribution in [0.4, 0.5) is 0 Å². The Morgan fingerprint density at radius 3 is 1.82 bits per heavy atom. The van der Waals surface area contributed by atoms with Gasteiger partial charge in [-0.2, -0.15) is 0 Å². The van der Waals surface area contributed by atoms with Crippen LogP contribution in [0.5, 0.6) is 0 Å². The van der Waals surface area contributed by atoms with Crippen LogP contribution in [0.1, 0.15) is 0 Å². The lowest BCUT2D eigenvalue weighted by atomic mass is 9.92. The molecule has 1 heteroatoms. The topological polar surface area (TPSA) is 0 Å². The second kappa shape index (κ2) is 7.30. The largest absolute Gasteiger partial charge is 0.135 e. The molecular weight excluding hydrogens is 416 g/mol. The molecular formula is C32H20S. The Morgan fingerprint density at radius 1 is 0.394 bits per heavy atom. The standard InChI is InChI=1S/C32H20S/c1-2-9-24-23(8-1)20-29(27-11-4-3-10-26(24)27)22-18-16-21(17-19-22)25-13-7-15-31-32(25)28-12-5-6-14-30(28)33-31/h1-20H. The quantitative estimate of drug-likeness (QED) is 0.237. The predicted molar refractivity (Wildman–Crippen MR) is 145 cm³/mol. The fourth-order valence-electron chi connectivity index (χ4n) is 5.14. The highest BCUT2D eigenvalue weighted by atomic mass is 32.1. The van der Waals surface area contributed by atoms with Crippen molar-refractivity contribution in [3.05, 3.63) is 121 Å². The van der Waals surface area contributed by atoms with Gasteiger partial charge in [-0.05, 0) is 62.0 Å². The van der Waals surface area contributed by atoms with Crippen molar-refractivity contribution in [2.45, 2.75) is 0 Å². The van der Waals surface area contributed by atoms with Gasteiger partial charge >= 0.3 is 0 Å². The molecule has 0 unspecified atom stereocenters. The minimum Gasteiger partial charge on any atom is -0.135 e. The van der Waals surface area contributed by atoms with E-state index in [1.54, 1.807) is 0 Å². The highest BCUT2D eigenvalue weighted by molar-refractivity contribution is 7.25. The number of rotatable bonds is 2. The van der Waals surface area contributed by atoms with Gasteiger partial charge in [0.25, 0.3) is 0 Å². The molecule has 1 heterocycles. The summed E-state index contributed by atoms with van der Waals surface area (Å²) in [7, 11) is 0. The zero-order valence-electron chi connectivity index (χ0n) is 18.0. The highest BCUT2D eigenvalue weighted by Crippen LogP contribution is 2.41. The molecule has 0 radical (unpaired) electrons. The molecule has 0 nitrogen and oxygen atoms in total. The Kier molecular flexibility index (Phi) is 4.12. The summed E-state index contributed by atoms with van der Waals surface area (Å²) in [5, 5.41) is 7.91. The molecule has 1 aromatic heterocycles. The summed E-state index contributed by atoms with van der Waals surface area (Å²) in [5.74, 6) is 0. The van der Waals surface area contributed by atoms with Crippen molar-refractivity contribution in [2.24, 2.45) is 0 Å². The lowest BCUT2D eigenvalue weighted by Crippen LogP contribution is -1.85. The molecule has 0 atom stereocenters. The van der Waals surface area contributed by atoms with Crippen molar-refractivity contribution < 1.29 is 0 Å². The van der Waals surface area contributed by atoms with Crippen molar-refractivity contribution in [3.8, 4) is 22.3 Å². The third-order valence-electron chi connectivity index (χ3n) is 6.68. The number of fused-ring (bicyclic) bond motifs is 6. The van der Waals surface area contributed by atoms with Gasteiger partial charge in [-0.1, -0.05) is 103 Å². The Bertz CT molecular complexity index is 1800. The SMILES string of the molecule is c1ccc2c(c1)cc(-c1ccc(-c3cccc4sc5ccccc5c34)cc1)c1ccccc12. The molecule has 0 N–H and O–H groups in total. The van der Waals surface area contributed by atoms with Gasteiger partial charge in [-0.15, -0.1) is 11.3 Å². The molecule has 7 aromatic rings. The number of thiophene rings is 1. The van der Waals surface area contributed by atoms with Crippen LogP contribution >= 0.6 is 11.3 Å². The first kappa shape index (κ1) is 18.6. The Morgan fingerprint density at radius 2 is 1.00 bits per heavy atom. The van der Waals surface area contributed by atoms with Gasteiger partial charge in [0.1, 0.15) is 0 Å². The van der Waals surface area contributed by atoms with Crippen molar-refractivity contribution in [1.29, 1.82) is 0 Å². The zero-order chi connectivity index (χ0) is 21.8. The summed E-state index contributed by atoms with van der Waals surface area (Å²) >= 11 is 1.87. The summed E-state index contributed by atoms with van der Waals surface area (Å²) in [6, 6.07) is 44.3. The van der Waals surface area contributed by atoms with Crippen LogP contribution in [0.3, 0.4) is 0 Å². The van der Waals surface area contributed by atoms with E-state index in [9.17, 15) is 0 Å². The van der Waals surface area contributed by atoms with Crippen molar-refractivity contribution in [2.75, 3.05) is 0 Å². The molecule has 0 bridgehead atoms. The first-order chi connectivity index (χ1) is 16.4. The normalized spacial score (nSPS) is 11.6. The third kappa shape index (κ3) is 2.90. The lowest BCUT2D eigenvalue weighted by molar-refractivity contribution is 1.64. The summed E-state index contributed by atoms with van der Waals surface area (Å²) < 4.78 is 2.69. The number of hydrogen-bond donors (Lipinski definition) is 0. The van der Waals surface area contributed by atoms with Crippen LogP contribution < -0.4 is 0 Å². The molecule has 0 aliphatic carbocycles. The Labute approximate surface area is 196 Å². The molecule has 0 aliphatic rings. The number of hydrogen-bond acceptors (Lipinski definition) is 1. The van der Waals surface area contributed by atoms with E-state index in [4.69, 9.17) is 0 Å². The van der Waals surface area contributed by atoms with Crippen LogP contribution in [0, 0.1) is 0 Å². The second-order valence-electron chi connectivity index (χ2n) is 8.55. The molecule has 0 aliphatic heterocycles. The Hall–Kier alpha value is -3.94. The van der Waals surface area contributed by atoms with Crippen molar-refractivity contribution in [1.82, 2.24) is 0 Å². The first-order valence-electron chi connectivity index (χ1n) is 11.3. The zero-order valence-corrected chi connectivity index (χ0v) is 18.8. The van der Waals surface area contributed by atoms with Crippen LogP contribution in [0.25, 0.3) is 64.0 Å². The van der Waals surface area contributed by atoms with E-state index in [0.29, 0.717) is 0 Å². The minimum atomic E-state index is 1.25. The maximum atomic E-state index is 2.33. The predicted octanol–water partition coefficient (Wildman–Crippen LogP) is 9.69. The van der Waals surface area contributed by atoms with Crippen molar-refractivity contribution in [3.63, 3.8) is 0 Å². The smallest absolute Gasteiger partial charge is 0.0361 e. The minimum absolute atomic E-state index is 1.25. The van der Waals surface area contributed by atoms with Gasteiger partial charge in [0, 0.05) is 20.2 Å². The average molecular weight is 437 g/mol. The average Bonchev–Trinajstić information content (AvgIpc) is 3.27. The molecule has 154 valence electrons. The summed E-state index contributed by atoms with van der Waals surface area (Å²) in [4.78, 5) is 0. The molecule has 0 saturated carbocycles. The van der Waals surface area contributed by atoms with E-state index >= 15 is 0 Å². The van der Waals surface area contributed by atoms with Gasteiger partial charge in [0.05, 0.1) is 0 Å². The maximum Gasteiger partial charge on any atom is 0.0361 e. The molecule has 0 spiro atoms. The molecule has 0 fully saturated rings. The van der Waals surface area contributed by atoms with Gasteiger partial charge < -0.3 is 0 Å². The van der Waals surface area contributed by atoms with Gasteiger partial charge in [-0.3, -0.25) is 0 Å². The number of benzene rings is 6. The van der Waals surface area contributed by atoms with Gasteiger partial charge in [0.15, 0.2) is 0 Å². The monoisotopic (exact) mass is 436 g/mol. The van der Waals surface area contributed by atoms with Crippen LogP contribution in [0.15, 0.2) is 121 Å². The highest BCUT2D eigenvalue weighted by Gasteiger charge is 2.12. The van der Waals surface area contributed by atoms with E-state index in [1.807, 2.05) is 11.3 Å². The van der Waals surface area contributed by atoms with E-state index < -0.39 is 0 Å². The summed E-state index contributed by atoms with van der Waals surface area (Å²) in [6.07, 6.45) is 0. The molecule has 0 saturated heterocycles. The van der Waals surface area contributed by atoms with Crippen LogP contribution in [0.2, 0.25) is 0 Å². The molecule has 33 heavy (non-hydrogen) atoms. The van der Waals surface area contributed by atoms with Crippen LogP contribution in [-0.2, 0) is 0 Å². The van der Waals surface area contributed by atoms with E-state index in [0.717, 1.165) is 0 Å². The Balaban J connectivity index is 1.42. The molecule has 6 aromatic carbocycles. The van der Waals surface area contributed by atoms with Gasteiger partial charge in [-0.25, -0.2) is 0 Å². The first-order valence-corrected chi connectivity index (χ1v) is 12.1. The molecule has 0 amide bonds. The second-order valence-corrected chi connectivity index (χ2v) is 9.63.